The molecule has 0 aromatic heterocycles. The van der Waals surface area contributed by atoms with E-state index in [1.165, 1.54) is 0 Å². The fraction of sp³-hybridized carbons (Fsp3) is 0.385. The molecule has 5 nitrogen and oxygen atoms in total. The number of aliphatic imine (C=N–C) groups is 1. The Hall–Kier alpha value is -2.04. The van der Waals surface area contributed by atoms with Crippen LogP contribution in [0.1, 0.15) is 12.0 Å². The summed E-state index contributed by atoms with van der Waals surface area (Å²) in [5.41, 5.74) is 1.72. The number of hydrogen-bond acceptors (Lipinski definition) is 4. The highest BCUT2D eigenvalue weighted by atomic mass is 16.5. The van der Waals surface area contributed by atoms with Gasteiger partial charge in [-0.15, -0.1) is 0 Å². The molecular weight excluding hydrogens is 232 g/mol. The molecule has 0 spiro atoms. The number of nitrogens with one attached hydrogen (secondary N) is 1. The number of methoxy groups -OCH3 is 1. The van der Waals surface area contributed by atoms with E-state index in [1.807, 2.05) is 25.1 Å². The van der Waals surface area contributed by atoms with Gasteiger partial charge in [0.15, 0.2) is 5.90 Å². The molecule has 0 atom stereocenters. The van der Waals surface area contributed by atoms with Gasteiger partial charge in [-0.3, -0.25) is 9.79 Å². The van der Waals surface area contributed by atoms with E-state index in [2.05, 4.69) is 10.3 Å². The molecule has 0 saturated carbocycles. The minimum Gasteiger partial charge on any atom is -0.495 e. The molecule has 1 aromatic rings. The predicted molar refractivity (Wildman–Crippen MR) is 69.2 cm³/mol. The Labute approximate surface area is 106 Å². The lowest BCUT2D eigenvalue weighted by Crippen LogP contribution is -2.17. The molecule has 96 valence electrons. The van der Waals surface area contributed by atoms with Gasteiger partial charge >= 0.3 is 0 Å². The first-order valence-corrected chi connectivity index (χ1v) is 5.79. The van der Waals surface area contributed by atoms with Crippen LogP contribution in [0.4, 0.5) is 5.69 Å². The number of hydrogen-bond donors (Lipinski definition) is 1. The summed E-state index contributed by atoms with van der Waals surface area (Å²) in [7, 11) is 1.57. The van der Waals surface area contributed by atoms with E-state index in [0.717, 1.165) is 5.56 Å². The molecule has 1 aliphatic rings. The summed E-state index contributed by atoms with van der Waals surface area (Å²) in [4.78, 5) is 15.9. The predicted octanol–water partition coefficient (Wildman–Crippen LogP) is 1.76. The molecule has 0 unspecified atom stereocenters. The Morgan fingerprint density at radius 3 is 3.06 bits per heavy atom. The highest BCUT2D eigenvalue weighted by molar-refractivity contribution is 6.04. The first kappa shape index (κ1) is 12.4. The van der Waals surface area contributed by atoms with Gasteiger partial charge in [-0.1, -0.05) is 6.07 Å². The van der Waals surface area contributed by atoms with Crippen LogP contribution in [0.2, 0.25) is 0 Å². The van der Waals surface area contributed by atoms with Gasteiger partial charge in [0.25, 0.3) is 0 Å². The summed E-state index contributed by atoms with van der Waals surface area (Å²) in [5.74, 6) is 0.988. The quantitative estimate of drug-likeness (QED) is 0.883. The van der Waals surface area contributed by atoms with Crippen LogP contribution in [-0.2, 0) is 9.53 Å². The van der Waals surface area contributed by atoms with Gasteiger partial charge in [0.1, 0.15) is 18.8 Å². The Morgan fingerprint density at radius 2 is 2.39 bits per heavy atom. The van der Waals surface area contributed by atoms with Crippen molar-refractivity contribution >= 4 is 17.5 Å². The third kappa shape index (κ3) is 3.00. The second-order valence-electron chi connectivity index (χ2n) is 4.05. The van der Waals surface area contributed by atoms with Crippen LogP contribution in [0.3, 0.4) is 0 Å². The van der Waals surface area contributed by atoms with Gasteiger partial charge in [-0.05, 0) is 24.6 Å². The zero-order valence-electron chi connectivity index (χ0n) is 10.5. The van der Waals surface area contributed by atoms with Gasteiger partial charge in [-0.25, -0.2) is 0 Å². The number of carbonyl (C=O) groups is 1. The fourth-order valence-corrected chi connectivity index (χ4v) is 1.74. The van der Waals surface area contributed by atoms with Crippen molar-refractivity contribution in [3.05, 3.63) is 23.8 Å². The third-order valence-corrected chi connectivity index (χ3v) is 2.59. The first-order valence-electron chi connectivity index (χ1n) is 5.79. The van der Waals surface area contributed by atoms with Crippen LogP contribution in [0.5, 0.6) is 5.75 Å². The highest BCUT2D eigenvalue weighted by Crippen LogP contribution is 2.25. The molecule has 0 bridgehead atoms. The van der Waals surface area contributed by atoms with Gasteiger partial charge in [-0.2, -0.15) is 0 Å². The lowest BCUT2D eigenvalue weighted by molar-refractivity contribution is -0.115. The van der Waals surface area contributed by atoms with Crippen LogP contribution >= 0.6 is 0 Å². The fourth-order valence-electron chi connectivity index (χ4n) is 1.74. The van der Waals surface area contributed by atoms with Crippen molar-refractivity contribution in [2.45, 2.75) is 13.3 Å². The molecule has 0 radical (unpaired) electrons. The molecule has 0 fully saturated rings. The molecule has 1 heterocycles. The van der Waals surface area contributed by atoms with E-state index >= 15 is 0 Å². The van der Waals surface area contributed by atoms with Gasteiger partial charge < -0.3 is 14.8 Å². The third-order valence-electron chi connectivity index (χ3n) is 2.59. The first-order chi connectivity index (χ1) is 8.69. The molecule has 0 saturated heterocycles. The van der Waals surface area contributed by atoms with Gasteiger partial charge in [0, 0.05) is 0 Å². The van der Waals surface area contributed by atoms with Gasteiger partial charge in [0.2, 0.25) is 5.91 Å². The zero-order valence-corrected chi connectivity index (χ0v) is 10.5. The van der Waals surface area contributed by atoms with Crippen molar-refractivity contribution in [2.75, 3.05) is 25.6 Å². The lowest BCUT2D eigenvalue weighted by Gasteiger charge is -2.10. The summed E-state index contributed by atoms with van der Waals surface area (Å²) >= 11 is 0. The number of amides is 1. The Kier molecular flexibility index (Phi) is 3.82. The van der Waals surface area contributed by atoms with E-state index in [1.54, 1.807) is 7.11 Å². The van der Waals surface area contributed by atoms with Crippen molar-refractivity contribution in [2.24, 2.45) is 4.99 Å². The minimum absolute atomic E-state index is 0.153. The standard InChI is InChI=1S/C13H16N2O3/c1-9-3-4-11(17-2)10(7-9)15-12(16)8-13-14-5-6-18-13/h3-4,7H,5-6,8H2,1-2H3,(H,15,16). The van der Waals surface area contributed by atoms with Crippen molar-refractivity contribution in [1.82, 2.24) is 0 Å². The maximum absolute atomic E-state index is 11.8. The number of rotatable bonds is 4. The van der Waals surface area contributed by atoms with E-state index in [4.69, 9.17) is 9.47 Å². The van der Waals surface area contributed by atoms with Crippen molar-refractivity contribution in [3.63, 3.8) is 0 Å². The Morgan fingerprint density at radius 1 is 1.56 bits per heavy atom. The number of carbonyl (C=O) groups excluding carboxylic acids is 1. The number of benzene rings is 1. The average molecular weight is 248 g/mol. The summed E-state index contributed by atoms with van der Waals surface area (Å²) in [5, 5.41) is 2.80. The van der Waals surface area contributed by atoms with Crippen LogP contribution in [0, 0.1) is 6.92 Å². The number of aryl methyl sites for hydroxylation is 1. The van der Waals surface area contributed by atoms with Crippen LogP contribution in [0.25, 0.3) is 0 Å². The van der Waals surface area contributed by atoms with E-state index < -0.39 is 0 Å². The molecule has 5 heteroatoms. The average Bonchev–Trinajstić information content (AvgIpc) is 2.82. The molecule has 1 N–H and O–H groups in total. The van der Waals surface area contributed by atoms with E-state index in [0.29, 0.717) is 30.5 Å². The summed E-state index contributed by atoms with van der Waals surface area (Å²) in [6.07, 6.45) is 0.164. The summed E-state index contributed by atoms with van der Waals surface area (Å²) in [6.45, 7) is 3.16. The molecule has 2 rings (SSSR count). The summed E-state index contributed by atoms with van der Waals surface area (Å²) in [6, 6.07) is 5.63. The number of anilines is 1. The second-order valence-corrected chi connectivity index (χ2v) is 4.05. The van der Waals surface area contributed by atoms with Crippen molar-refractivity contribution in [3.8, 4) is 5.75 Å². The molecular formula is C13H16N2O3. The van der Waals surface area contributed by atoms with Crippen LogP contribution in [0.15, 0.2) is 23.2 Å². The normalized spacial score (nSPS) is 13.8. The minimum atomic E-state index is -0.153. The van der Waals surface area contributed by atoms with Crippen molar-refractivity contribution in [1.29, 1.82) is 0 Å². The van der Waals surface area contributed by atoms with Crippen LogP contribution < -0.4 is 10.1 Å². The molecule has 1 aromatic carbocycles. The lowest BCUT2D eigenvalue weighted by atomic mass is 10.2. The maximum Gasteiger partial charge on any atom is 0.233 e. The van der Waals surface area contributed by atoms with E-state index in [-0.39, 0.29) is 12.3 Å². The van der Waals surface area contributed by atoms with Crippen molar-refractivity contribution < 1.29 is 14.3 Å². The SMILES string of the molecule is COc1ccc(C)cc1NC(=O)CC1=NCCO1. The molecule has 18 heavy (non-hydrogen) atoms. The highest BCUT2D eigenvalue weighted by Gasteiger charge is 2.14. The topological polar surface area (TPSA) is 59.9 Å². The molecule has 1 aliphatic heterocycles. The maximum atomic E-state index is 11.8. The second kappa shape index (κ2) is 5.53. The number of ether oxygens (including phenoxy) is 2. The number of nitrogens with zero attached hydrogens (tertiary/aromatic N) is 1. The van der Waals surface area contributed by atoms with Crippen LogP contribution in [-0.4, -0.2) is 32.1 Å². The monoisotopic (exact) mass is 248 g/mol. The smallest absolute Gasteiger partial charge is 0.233 e. The Bertz CT molecular complexity index is 483. The molecule has 1 amide bonds. The summed E-state index contributed by atoms with van der Waals surface area (Å²) < 4.78 is 10.4. The zero-order chi connectivity index (χ0) is 13.0. The van der Waals surface area contributed by atoms with Gasteiger partial charge in [0.05, 0.1) is 19.3 Å². The molecule has 0 aliphatic carbocycles. The Balaban J connectivity index is 2.03. The largest absolute Gasteiger partial charge is 0.495 e. The van der Waals surface area contributed by atoms with E-state index in [9.17, 15) is 4.79 Å².